The molecule has 1 saturated carbocycles. The van der Waals surface area contributed by atoms with Crippen LogP contribution in [0, 0.1) is 17.8 Å². The summed E-state index contributed by atoms with van der Waals surface area (Å²) in [5.41, 5.74) is 1.02. The molecule has 0 bridgehead atoms. The zero-order chi connectivity index (χ0) is 13.4. The molecule has 1 aliphatic carbocycles. The fourth-order valence-corrected chi connectivity index (χ4v) is 3.38. The third-order valence-corrected chi connectivity index (χ3v) is 4.46. The molecule has 0 unspecified atom stereocenters. The van der Waals surface area contributed by atoms with Gasteiger partial charge >= 0.3 is 0 Å². The van der Waals surface area contributed by atoms with Gasteiger partial charge in [0.25, 0.3) is 0 Å². The van der Waals surface area contributed by atoms with Crippen LogP contribution >= 0.6 is 0 Å². The van der Waals surface area contributed by atoms with E-state index in [1.165, 1.54) is 4.90 Å². The van der Waals surface area contributed by atoms with E-state index in [2.05, 4.69) is 6.92 Å². The van der Waals surface area contributed by atoms with Crippen LogP contribution in [0.3, 0.4) is 0 Å². The fourth-order valence-electron chi connectivity index (χ4n) is 3.38. The van der Waals surface area contributed by atoms with Crippen molar-refractivity contribution >= 4 is 11.8 Å². The predicted molar refractivity (Wildman–Crippen MR) is 72.0 cm³/mol. The second kappa shape index (κ2) is 4.80. The number of hydrogen-bond acceptors (Lipinski definition) is 2. The van der Waals surface area contributed by atoms with Crippen LogP contribution in [0.4, 0.5) is 0 Å². The molecule has 3 atom stereocenters. The number of amides is 2. The van der Waals surface area contributed by atoms with E-state index >= 15 is 0 Å². The summed E-state index contributed by atoms with van der Waals surface area (Å²) in [6.07, 6.45) is 2.82. The van der Waals surface area contributed by atoms with Crippen molar-refractivity contribution in [3.8, 4) is 0 Å². The predicted octanol–water partition coefficient (Wildman–Crippen LogP) is 2.61. The lowest BCUT2D eigenvalue weighted by Crippen LogP contribution is -2.30. The molecule has 3 nitrogen and oxygen atoms in total. The van der Waals surface area contributed by atoms with Gasteiger partial charge in [0.1, 0.15) is 0 Å². The lowest BCUT2D eigenvalue weighted by Gasteiger charge is -2.25. The second-order valence-electron chi connectivity index (χ2n) is 5.88. The monoisotopic (exact) mass is 257 g/mol. The van der Waals surface area contributed by atoms with E-state index in [4.69, 9.17) is 0 Å². The summed E-state index contributed by atoms with van der Waals surface area (Å²) in [5.74, 6) is 0.554. The SMILES string of the molecule is C[C@H]1CC[C@@H]2C(=O)N(Cc3ccccc3)C(=O)[C@@H]2C1. The molecule has 3 rings (SSSR count). The Morgan fingerprint density at radius 3 is 2.47 bits per heavy atom. The van der Waals surface area contributed by atoms with Crippen LogP contribution in [-0.4, -0.2) is 16.7 Å². The number of fused-ring (bicyclic) bond motifs is 1. The Morgan fingerprint density at radius 1 is 1.05 bits per heavy atom. The van der Waals surface area contributed by atoms with Crippen molar-refractivity contribution in [1.29, 1.82) is 0 Å². The third-order valence-electron chi connectivity index (χ3n) is 4.46. The number of imide groups is 1. The zero-order valence-electron chi connectivity index (χ0n) is 11.2. The van der Waals surface area contributed by atoms with Crippen LogP contribution < -0.4 is 0 Å². The Bertz CT molecular complexity index is 497. The largest absolute Gasteiger partial charge is 0.278 e. The number of rotatable bonds is 2. The molecule has 1 saturated heterocycles. The maximum Gasteiger partial charge on any atom is 0.233 e. The van der Waals surface area contributed by atoms with Crippen molar-refractivity contribution < 1.29 is 9.59 Å². The van der Waals surface area contributed by atoms with Gasteiger partial charge in [-0.3, -0.25) is 14.5 Å². The van der Waals surface area contributed by atoms with Crippen LogP contribution in [0.2, 0.25) is 0 Å². The van der Waals surface area contributed by atoms with Gasteiger partial charge in [-0.1, -0.05) is 37.3 Å². The summed E-state index contributed by atoms with van der Waals surface area (Å²) < 4.78 is 0. The Labute approximate surface area is 113 Å². The summed E-state index contributed by atoms with van der Waals surface area (Å²) in [6.45, 7) is 2.60. The van der Waals surface area contributed by atoms with Crippen molar-refractivity contribution in [2.24, 2.45) is 17.8 Å². The summed E-state index contributed by atoms with van der Waals surface area (Å²) in [4.78, 5) is 26.2. The average Bonchev–Trinajstić information content (AvgIpc) is 2.65. The van der Waals surface area contributed by atoms with Crippen LogP contribution in [0.15, 0.2) is 30.3 Å². The number of benzene rings is 1. The van der Waals surface area contributed by atoms with Crippen molar-refractivity contribution in [1.82, 2.24) is 4.90 Å². The molecule has 2 fully saturated rings. The van der Waals surface area contributed by atoms with E-state index in [1.807, 2.05) is 30.3 Å². The highest BCUT2D eigenvalue weighted by atomic mass is 16.2. The summed E-state index contributed by atoms with van der Waals surface area (Å²) in [6, 6.07) is 9.75. The Morgan fingerprint density at radius 2 is 1.74 bits per heavy atom. The smallest absolute Gasteiger partial charge is 0.233 e. The normalized spacial score (nSPS) is 30.6. The van der Waals surface area contributed by atoms with Crippen LogP contribution in [0.1, 0.15) is 31.7 Å². The molecule has 19 heavy (non-hydrogen) atoms. The number of carbonyl (C=O) groups is 2. The maximum atomic E-state index is 12.4. The fraction of sp³-hybridized carbons (Fsp3) is 0.500. The van der Waals surface area contributed by atoms with Gasteiger partial charge in [-0.05, 0) is 30.7 Å². The minimum Gasteiger partial charge on any atom is -0.278 e. The molecule has 100 valence electrons. The van der Waals surface area contributed by atoms with Crippen LogP contribution in [-0.2, 0) is 16.1 Å². The first-order valence-corrected chi connectivity index (χ1v) is 7.06. The van der Waals surface area contributed by atoms with Gasteiger partial charge in [0.15, 0.2) is 0 Å². The molecule has 0 N–H and O–H groups in total. The molecule has 0 radical (unpaired) electrons. The third kappa shape index (κ3) is 2.18. The van der Waals surface area contributed by atoms with E-state index in [-0.39, 0.29) is 23.7 Å². The minimum absolute atomic E-state index is 0.0467. The highest BCUT2D eigenvalue weighted by Crippen LogP contribution is 2.40. The topological polar surface area (TPSA) is 37.4 Å². The maximum absolute atomic E-state index is 12.4. The van der Waals surface area contributed by atoms with E-state index < -0.39 is 0 Å². The molecule has 1 aromatic carbocycles. The van der Waals surface area contributed by atoms with Crippen molar-refractivity contribution in [3.63, 3.8) is 0 Å². The molecule has 3 heteroatoms. The quantitative estimate of drug-likeness (QED) is 0.764. The molecule has 1 aliphatic heterocycles. The van der Waals surface area contributed by atoms with Gasteiger partial charge in [0, 0.05) is 0 Å². The van der Waals surface area contributed by atoms with Gasteiger partial charge in [0.2, 0.25) is 11.8 Å². The number of nitrogens with zero attached hydrogens (tertiary/aromatic N) is 1. The highest BCUT2D eigenvalue weighted by Gasteiger charge is 2.49. The first-order valence-electron chi connectivity index (χ1n) is 7.06. The molecule has 2 aliphatic rings. The van der Waals surface area contributed by atoms with Gasteiger partial charge in [-0.2, -0.15) is 0 Å². The summed E-state index contributed by atoms with van der Waals surface area (Å²) >= 11 is 0. The van der Waals surface area contributed by atoms with Crippen molar-refractivity contribution in [3.05, 3.63) is 35.9 Å². The van der Waals surface area contributed by atoms with E-state index in [0.717, 1.165) is 24.8 Å². The molecule has 1 aromatic rings. The Hall–Kier alpha value is -1.64. The summed E-state index contributed by atoms with van der Waals surface area (Å²) in [5, 5.41) is 0. The number of likely N-dealkylation sites (tertiary alicyclic amines) is 1. The standard InChI is InChI=1S/C16H19NO2/c1-11-7-8-13-14(9-11)16(19)17(15(13)18)10-12-5-3-2-4-6-12/h2-6,11,13-14H,7-10H2,1H3/t11-,13-,14+/m0/s1. The van der Waals surface area contributed by atoms with Gasteiger partial charge in [0.05, 0.1) is 18.4 Å². The first-order chi connectivity index (χ1) is 9.16. The van der Waals surface area contributed by atoms with Crippen LogP contribution in [0.5, 0.6) is 0 Å². The first kappa shape index (κ1) is 12.4. The van der Waals surface area contributed by atoms with Gasteiger partial charge in [-0.25, -0.2) is 0 Å². The van der Waals surface area contributed by atoms with Crippen LogP contribution in [0.25, 0.3) is 0 Å². The number of carbonyl (C=O) groups excluding carboxylic acids is 2. The Balaban J connectivity index is 1.80. The van der Waals surface area contributed by atoms with E-state index in [0.29, 0.717) is 12.5 Å². The zero-order valence-corrected chi connectivity index (χ0v) is 11.2. The molecule has 1 heterocycles. The minimum atomic E-state index is -0.0556. The van der Waals surface area contributed by atoms with Crippen molar-refractivity contribution in [2.45, 2.75) is 32.7 Å². The molecule has 0 aromatic heterocycles. The lowest BCUT2D eigenvalue weighted by atomic mass is 9.76. The van der Waals surface area contributed by atoms with Crippen molar-refractivity contribution in [2.75, 3.05) is 0 Å². The lowest BCUT2D eigenvalue weighted by molar-refractivity contribution is -0.140. The molecular formula is C16H19NO2. The second-order valence-corrected chi connectivity index (χ2v) is 5.88. The Kier molecular flexibility index (Phi) is 3.13. The van der Waals surface area contributed by atoms with Gasteiger partial charge < -0.3 is 0 Å². The average molecular weight is 257 g/mol. The van der Waals surface area contributed by atoms with E-state index in [9.17, 15) is 9.59 Å². The summed E-state index contributed by atoms with van der Waals surface area (Å²) in [7, 11) is 0. The van der Waals surface area contributed by atoms with Gasteiger partial charge in [-0.15, -0.1) is 0 Å². The highest BCUT2D eigenvalue weighted by molar-refractivity contribution is 6.05. The number of hydrogen-bond donors (Lipinski definition) is 0. The molecular weight excluding hydrogens is 238 g/mol. The molecule has 2 amide bonds. The molecule has 0 spiro atoms. The van der Waals surface area contributed by atoms with E-state index in [1.54, 1.807) is 0 Å².